The lowest BCUT2D eigenvalue weighted by molar-refractivity contribution is 0.414. The Balaban J connectivity index is 1.88. The van der Waals surface area contributed by atoms with Gasteiger partial charge >= 0.3 is 0 Å². The summed E-state index contributed by atoms with van der Waals surface area (Å²) in [5.74, 6) is 3.01. The summed E-state index contributed by atoms with van der Waals surface area (Å²) in [4.78, 5) is 4.50. The van der Waals surface area contributed by atoms with Crippen molar-refractivity contribution in [2.45, 2.75) is 6.92 Å². The summed E-state index contributed by atoms with van der Waals surface area (Å²) in [7, 11) is 3.31. The van der Waals surface area contributed by atoms with Crippen LogP contribution < -0.4 is 9.47 Å². The topological polar surface area (TPSA) is 44.5 Å². The van der Waals surface area contributed by atoms with Crippen LogP contribution in [0.3, 0.4) is 0 Å². The van der Waals surface area contributed by atoms with Gasteiger partial charge in [0.25, 0.3) is 0 Å². The first-order valence-corrected chi connectivity index (χ1v) is 7.63. The van der Waals surface area contributed by atoms with Gasteiger partial charge in [0.05, 0.1) is 14.2 Å². The summed E-state index contributed by atoms with van der Waals surface area (Å²) < 4.78 is 16.1. The predicted octanol–water partition coefficient (Wildman–Crippen LogP) is 4.84. The maximum atomic E-state index is 5.74. The summed E-state index contributed by atoms with van der Waals surface area (Å²) in [5, 5.41) is 0. The van der Waals surface area contributed by atoms with E-state index in [-0.39, 0.29) is 0 Å². The third-order valence-corrected chi connectivity index (χ3v) is 3.67. The van der Waals surface area contributed by atoms with Crippen molar-refractivity contribution in [3.05, 3.63) is 65.7 Å². The molecule has 3 aromatic rings. The van der Waals surface area contributed by atoms with Gasteiger partial charge in [-0.15, -0.1) is 0 Å². The molecule has 1 heterocycles. The number of aryl methyl sites for hydroxylation is 1. The quantitative estimate of drug-likeness (QED) is 0.674. The summed E-state index contributed by atoms with van der Waals surface area (Å²) in [6.07, 6.45) is 3.92. The molecule has 0 bridgehead atoms. The second kappa shape index (κ2) is 7.04. The monoisotopic (exact) mass is 321 g/mol. The van der Waals surface area contributed by atoms with Gasteiger partial charge in [-0.3, -0.25) is 0 Å². The van der Waals surface area contributed by atoms with Crippen molar-refractivity contribution in [2.75, 3.05) is 14.2 Å². The van der Waals surface area contributed by atoms with Crippen molar-refractivity contribution in [3.8, 4) is 22.8 Å². The fourth-order valence-electron chi connectivity index (χ4n) is 2.40. The zero-order chi connectivity index (χ0) is 16.9. The summed E-state index contributed by atoms with van der Waals surface area (Å²) in [5.41, 5.74) is 2.87. The fraction of sp³-hybridized carbons (Fsp3) is 0.150. The maximum absolute atomic E-state index is 5.74. The molecular weight excluding hydrogens is 302 g/mol. The Morgan fingerprint density at radius 2 is 1.42 bits per heavy atom. The first kappa shape index (κ1) is 15.9. The molecule has 0 aliphatic carbocycles. The smallest absolute Gasteiger partial charge is 0.192 e. The van der Waals surface area contributed by atoms with Crippen LogP contribution in [0.5, 0.6) is 11.5 Å². The molecule has 0 spiro atoms. The van der Waals surface area contributed by atoms with Crippen LogP contribution in [0.1, 0.15) is 17.2 Å². The van der Waals surface area contributed by atoms with Crippen LogP contribution in [-0.2, 0) is 0 Å². The van der Waals surface area contributed by atoms with Crippen molar-refractivity contribution in [1.82, 2.24) is 4.98 Å². The highest BCUT2D eigenvalue weighted by molar-refractivity contribution is 5.76. The van der Waals surface area contributed by atoms with E-state index in [1.165, 1.54) is 0 Å². The number of oxazole rings is 1. The Kier molecular flexibility index (Phi) is 4.66. The van der Waals surface area contributed by atoms with Crippen LogP contribution in [-0.4, -0.2) is 19.2 Å². The molecular formula is C20H19NO3. The first-order valence-electron chi connectivity index (χ1n) is 7.63. The molecule has 24 heavy (non-hydrogen) atoms. The molecule has 0 saturated carbocycles. The minimum absolute atomic E-state index is 0.634. The zero-order valence-corrected chi connectivity index (χ0v) is 13.9. The lowest BCUT2D eigenvalue weighted by Gasteiger charge is -2.01. The molecule has 4 nitrogen and oxygen atoms in total. The average Bonchev–Trinajstić information content (AvgIpc) is 3.01. The van der Waals surface area contributed by atoms with Crippen LogP contribution in [0.25, 0.3) is 23.4 Å². The third-order valence-electron chi connectivity index (χ3n) is 3.67. The molecule has 0 atom stereocenters. The van der Waals surface area contributed by atoms with Crippen molar-refractivity contribution in [3.63, 3.8) is 0 Å². The molecule has 0 aliphatic heterocycles. The lowest BCUT2D eigenvalue weighted by Crippen LogP contribution is -1.84. The number of hydrogen-bond donors (Lipinski definition) is 0. The molecule has 0 fully saturated rings. The van der Waals surface area contributed by atoms with Crippen LogP contribution in [0.2, 0.25) is 0 Å². The van der Waals surface area contributed by atoms with Crippen molar-refractivity contribution in [2.24, 2.45) is 0 Å². The number of ether oxygens (including phenoxy) is 2. The number of rotatable bonds is 5. The van der Waals surface area contributed by atoms with Crippen LogP contribution >= 0.6 is 0 Å². The van der Waals surface area contributed by atoms with Gasteiger partial charge in [-0.05, 0) is 48.0 Å². The minimum atomic E-state index is 0.634. The standard InChI is InChI=1S/C20H19NO3/c1-14-21-20(16-7-11-18(23-3)12-8-16)19(24-14)13-6-15-4-9-17(22-2)10-5-15/h4-13H,1-3H3/b13-6+. The van der Waals surface area contributed by atoms with Crippen molar-refractivity contribution >= 4 is 12.2 Å². The molecule has 0 unspecified atom stereocenters. The van der Waals surface area contributed by atoms with Gasteiger partial charge < -0.3 is 13.9 Å². The molecule has 0 aliphatic rings. The van der Waals surface area contributed by atoms with Gasteiger partial charge in [-0.2, -0.15) is 0 Å². The molecule has 0 amide bonds. The van der Waals surface area contributed by atoms with E-state index in [0.717, 1.165) is 34.1 Å². The second-order valence-corrected chi connectivity index (χ2v) is 5.28. The van der Waals surface area contributed by atoms with E-state index in [0.29, 0.717) is 5.89 Å². The molecule has 1 aromatic heterocycles. The van der Waals surface area contributed by atoms with Gasteiger partial charge in [-0.25, -0.2) is 4.98 Å². The second-order valence-electron chi connectivity index (χ2n) is 5.28. The average molecular weight is 321 g/mol. The van der Waals surface area contributed by atoms with Crippen molar-refractivity contribution < 1.29 is 13.9 Å². The minimum Gasteiger partial charge on any atom is -0.497 e. The van der Waals surface area contributed by atoms with Crippen molar-refractivity contribution in [1.29, 1.82) is 0 Å². The van der Waals surface area contributed by atoms with E-state index in [4.69, 9.17) is 13.9 Å². The van der Waals surface area contributed by atoms with E-state index < -0.39 is 0 Å². The Morgan fingerprint density at radius 1 is 0.833 bits per heavy atom. The Hall–Kier alpha value is -3.01. The normalized spacial score (nSPS) is 11.0. The van der Waals surface area contributed by atoms with Gasteiger partial charge in [0.2, 0.25) is 0 Å². The summed E-state index contributed by atoms with van der Waals surface area (Å²) >= 11 is 0. The van der Waals surface area contributed by atoms with E-state index in [2.05, 4.69) is 4.98 Å². The molecule has 0 saturated heterocycles. The zero-order valence-electron chi connectivity index (χ0n) is 13.9. The Labute approximate surface area is 141 Å². The molecule has 122 valence electrons. The summed E-state index contributed by atoms with van der Waals surface area (Å²) in [6.45, 7) is 1.84. The summed E-state index contributed by atoms with van der Waals surface area (Å²) in [6, 6.07) is 15.6. The number of benzene rings is 2. The molecule has 4 heteroatoms. The van der Waals surface area contributed by atoms with Gasteiger partial charge in [0.1, 0.15) is 17.2 Å². The van der Waals surface area contributed by atoms with E-state index in [9.17, 15) is 0 Å². The fourth-order valence-corrected chi connectivity index (χ4v) is 2.40. The largest absolute Gasteiger partial charge is 0.497 e. The number of hydrogen-bond acceptors (Lipinski definition) is 4. The molecule has 0 radical (unpaired) electrons. The van der Waals surface area contributed by atoms with Gasteiger partial charge in [0.15, 0.2) is 11.7 Å². The first-order chi connectivity index (χ1) is 11.7. The highest BCUT2D eigenvalue weighted by atomic mass is 16.5. The van der Waals surface area contributed by atoms with E-state index in [1.807, 2.05) is 67.6 Å². The van der Waals surface area contributed by atoms with E-state index in [1.54, 1.807) is 14.2 Å². The Morgan fingerprint density at radius 3 is 2.00 bits per heavy atom. The number of methoxy groups -OCH3 is 2. The van der Waals surface area contributed by atoms with Crippen LogP contribution in [0.4, 0.5) is 0 Å². The predicted molar refractivity (Wildman–Crippen MR) is 95.2 cm³/mol. The third kappa shape index (κ3) is 3.49. The van der Waals surface area contributed by atoms with Gasteiger partial charge in [-0.1, -0.05) is 18.2 Å². The molecule has 2 aromatic carbocycles. The number of nitrogens with zero attached hydrogens (tertiary/aromatic N) is 1. The number of aromatic nitrogens is 1. The lowest BCUT2D eigenvalue weighted by atomic mass is 10.1. The van der Waals surface area contributed by atoms with E-state index >= 15 is 0 Å². The molecule has 3 rings (SSSR count). The highest BCUT2D eigenvalue weighted by Gasteiger charge is 2.11. The highest BCUT2D eigenvalue weighted by Crippen LogP contribution is 2.27. The van der Waals surface area contributed by atoms with Crippen LogP contribution in [0, 0.1) is 6.92 Å². The van der Waals surface area contributed by atoms with Gasteiger partial charge in [0, 0.05) is 12.5 Å². The SMILES string of the molecule is COc1ccc(/C=C/c2oc(C)nc2-c2ccc(OC)cc2)cc1. The van der Waals surface area contributed by atoms with Crippen LogP contribution in [0.15, 0.2) is 52.9 Å². The maximum Gasteiger partial charge on any atom is 0.192 e. The Bertz CT molecular complexity index is 830. The molecule has 0 N–H and O–H groups in total.